The first-order chi connectivity index (χ1) is 7.20. The van der Waals surface area contributed by atoms with Crippen molar-refractivity contribution in [2.24, 2.45) is 0 Å². The summed E-state index contributed by atoms with van der Waals surface area (Å²) in [5.74, 6) is 0. The Labute approximate surface area is 91.4 Å². The van der Waals surface area contributed by atoms with Gasteiger partial charge in [0, 0.05) is 46.1 Å². The summed E-state index contributed by atoms with van der Waals surface area (Å²) in [5, 5.41) is 9.31. The van der Waals surface area contributed by atoms with Crippen molar-refractivity contribution in [1.82, 2.24) is 9.80 Å². The standard InChI is InChI=1S/C11H19N3O/c1-13-3-5-14(6-4-13)11(9-12)7-10(8-11)15-2/h10H,3-8H2,1-2H3. The van der Waals surface area contributed by atoms with Crippen LogP contribution in [-0.2, 0) is 4.74 Å². The first kappa shape index (κ1) is 10.9. The average Bonchev–Trinajstić information content (AvgIpc) is 2.20. The molecule has 2 aliphatic rings. The summed E-state index contributed by atoms with van der Waals surface area (Å²) in [6.45, 7) is 4.17. The molecule has 0 aromatic carbocycles. The van der Waals surface area contributed by atoms with Gasteiger partial charge in [-0.2, -0.15) is 5.26 Å². The molecule has 0 spiro atoms. The van der Waals surface area contributed by atoms with Gasteiger partial charge in [-0.15, -0.1) is 0 Å². The van der Waals surface area contributed by atoms with Crippen molar-refractivity contribution in [2.45, 2.75) is 24.5 Å². The predicted octanol–water partition coefficient (Wildman–Crippen LogP) is 0.305. The van der Waals surface area contributed by atoms with E-state index in [0.29, 0.717) is 6.10 Å². The predicted molar refractivity (Wildman–Crippen MR) is 57.4 cm³/mol. The maximum Gasteiger partial charge on any atom is 0.114 e. The number of rotatable bonds is 2. The average molecular weight is 209 g/mol. The third-order valence-corrected chi connectivity index (χ3v) is 3.78. The van der Waals surface area contributed by atoms with Crippen molar-refractivity contribution in [3.63, 3.8) is 0 Å². The second kappa shape index (κ2) is 4.09. The van der Waals surface area contributed by atoms with Crippen LogP contribution < -0.4 is 0 Å². The van der Waals surface area contributed by atoms with Crippen LogP contribution >= 0.6 is 0 Å². The highest BCUT2D eigenvalue weighted by Crippen LogP contribution is 2.39. The van der Waals surface area contributed by atoms with Crippen molar-refractivity contribution in [3.05, 3.63) is 0 Å². The van der Waals surface area contributed by atoms with E-state index in [1.807, 2.05) is 0 Å². The largest absolute Gasteiger partial charge is 0.381 e. The van der Waals surface area contributed by atoms with Gasteiger partial charge >= 0.3 is 0 Å². The Bertz CT molecular complexity index is 259. The third-order valence-electron chi connectivity index (χ3n) is 3.78. The van der Waals surface area contributed by atoms with Gasteiger partial charge in [0.05, 0.1) is 12.2 Å². The van der Waals surface area contributed by atoms with Gasteiger partial charge in [-0.05, 0) is 7.05 Å². The normalized spacial score (nSPS) is 38.3. The summed E-state index contributed by atoms with van der Waals surface area (Å²) in [4.78, 5) is 4.65. The van der Waals surface area contributed by atoms with Gasteiger partial charge in [-0.1, -0.05) is 0 Å². The highest BCUT2D eigenvalue weighted by molar-refractivity contribution is 5.17. The van der Waals surface area contributed by atoms with Gasteiger partial charge in [-0.3, -0.25) is 4.90 Å². The zero-order valence-corrected chi connectivity index (χ0v) is 9.57. The highest BCUT2D eigenvalue weighted by atomic mass is 16.5. The summed E-state index contributed by atoms with van der Waals surface area (Å²) >= 11 is 0. The fourth-order valence-corrected chi connectivity index (χ4v) is 2.51. The molecule has 0 bridgehead atoms. The zero-order chi connectivity index (χ0) is 10.9. The summed E-state index contributed by atoms with van der Waals surface area (Å²) in [5.41, 5.74) is -0.220. The minimum Gasteiger partial charge on any atom is -0.381 e. The van der Waals surface area contributed by atoms with E-state index in [2.05, 4.69) is 22.9 Å². The van der Waals surface area contributed by atoms with Crippen molar-refractivity contribution >= 4 is 0 Å². The zero-order valence-electron chi connectivity index (χ0n) is 9.57. The molecule has 1 aliphatic carbocycles. The van der Waals surface area contributed by atoms with E-state index in [0.717, 1.165) is 39.0 Å². The first-order valence-corrected chi connectivity index (χ1v) is 5.58. The first-order valence-electron chi connectivity index (χ1n) is 5.58. The molecule has 0 amide bonds. The fourth-order valence-electron chi connectivity index (χ4n) is 2.51. The summed E-state index contributed by atoms with van der Waals surface area (Å²) in [7, 11) is 3.87. The van der Waals surface area contributed by atoms with Crippen LogP contribution in [0.4, 0.5) is 0 Å². The molecular weight excluding hydrogens is 190 g/mol. The van der Waals surface area contributed by atoms with Gasteiger partial charge < -0.3 is 9.64 Å². The molecule has 1 aliphatic heterocycles. The summed E-state index contributed by atoms with van der Waals surface area (Å²) in [6.07, 6.45) is 2.05. The van der Waals surface area contributed by atoms with Crippen molar-refractivity contribution in [3.8, 4) is 6.07 Å². The molecule has 0 radical (unpaired) electrons. The molecule has 1 saturated heterocycles. The number of likely N-dealkylation sites (N-methyl/N-ethyl adjacent to an activating group) is 1. The van der Waals surface area contributed by atoms with Crippen LogP contribution in [0.25, 0.3) is 0 Å². The van der Waals surface area contributed by atoms with Crippen molar-refractivity contribution < 1.29 is 4.74 Å². The number of hydrogen-bond donors (Lipinski definition) is 0. The fraction of sp³-hybridized carbons (Fsp3) is 0.909. The number of nitriles is 1. The summed E-state index contributed by atoms with van der Waals surface area (Å²) in [6, 6.07) is 2.49. The Morgan fingerprint density at radius 2 is 1.87 bits per heavy atom. The Morgan fingerprint density at radius 3 is 2.33 bits per heavy atom. The van der Waals surface area contributed by atoms with Gasteiger partial charge in [0.1, 0.15) is 5.54 Å². The number of nitrogens with zero attached hydrogens (tertiary/aromatic N) is 3. The lowest BCUT2D eigenvalue weighted by molar-refractivity contribution is -0.0735. The second-order valence-electron chi connectivity index (χ2n) is 4.70. The molecule has 2 fully saturated rings. The van der Waals surface area contributed by atoms with Crippen LogP contribution in [0.5, 0.6) is 0 Å². The SMILES string of the molecule is COC1CC(C#N)(N2CCN(C)CC2)C1. The molecule has 4 heteroatoms. The second-order valence-corrected chi connectivity index (χ2v) is 4.70. The van der Waals surface area contributed by atoms with Crippen LogP contribution in [0.15, 0.2) is 0 Å². The molecule has 15 heavy (non-hydrogen) atoms. The van der Waals surface area contributed by atoms with E-state index in [-0.39, 0.29) is 5.54 Å². The molecule has 0 aromatic rings. The van der Waals surface area contributed by atoms with Gasteiger partial charge in [-0.25, -0.2) is 0 Å². The number of hydrogen-bond acceptors (Lipinski definition) is 4. The van der Waals surface area contributed by atoms with Gasteiger partial charge in [0.2, 0.25) is 0 Å². The Morgan fingerprint density at radius 1 is 1.27 bits per heavy atom. The monoisotopic (exact) mass is 209 g/mol. The molecule has 1 saturated carbocycles. The highest BCUT2D eigenvalue weighted by Gasteiger charge is 2.49. The quantitative estimate of drug-likeness (QED) is 0.656. The van der Waals surface area contributed by atoms with Crippen LogP contribution in [0.1, 0.15) is 12.8 Å². The smallest absolute Gasteiger partial charge is 0.114 e. The van der Waals surface area contributed by atoms with Crippen molar-refractivity contribution in [2.75, 3.05) is 40.3 Å². The molecule has 2 rings (SSSR count). The Kier molecular flexibility index (Phi) is 2.96. The van der Waals surface area contributed by atoms with E-state index >= 15 is 0 Å². The lowest BCUT2D eigenvalue weighted by Crippen LogP contribution is -2.63. The lowest BCUT2D eigenvalue weighted by atomic mass is 9.73. The molecule has 84 valence electrons. The van der Waals surface area contributed by atoms with Crippen LogP contribution in [0.3, 0.4) is 0 Å². The van der Waals surface area contributed by atoms with Crippen LogP contribution in [-0.4, -0.2) is 61.8 Å². The van der Waals surface area contributed by atoms with E-state index in [1.54, 1.807) is 7.11 Å². The van der Waals surface area contributed by atoms with Crippen LogP contribution in [0, 0.1) is 11.3 Å². The Balaban J connectivity index is 1.95. The molecule has 1 heterocycles. The molecule has 0 aromatic heterocycles. The minimum atomic E-state index is -0.220. The van der Waals surface area contributed by atoms with Crippen molar-refractivity contribution in [1.29, 1.82) is 5.26 Å². The van der Waals surface area contributed by atoms with E-state index in [4.69, 9.17) is 4.74 Å². The van der Waals surface area contributed by atoms with Gasteiger partial charge in [0.25, 0.3) is 0 Å². The number of methoxy groups -OCH3 is 1. The van der Waals surface area contributed by atoms with Crippen LogP contribution in [0.2, 0.25) is 0 Å². The Hall–Kier alpha value is -0.630. The lowest BCUT2D eigenvalue weighted by Gasteiger charge is -2.51. The minimum absolute atomic E-state index is 0.220. The topological polar surface area (TPSA) is 39.5 Å². The molecule has 0 N–H and O–H groups in total. The molecule has 0 unspecified atom stereocenters. The summed E-state index contributed by atoms with van der Waals surface area (Å²) < 4.78 is 5.27. The maximum atomic E-state index is 9.31. The van der Waals surface area contributed by atoms with E-state index < -0.39 is 0 Å². The number of piperazine rings is 1. The van der Waals surface area contributed by atoms with Gasteiger partial charge in [0.15, 0.2) is 0 Å². The molecule has 0 atom stereocenters. The maximum absolute atomic E-state index is 9.31. The molecule has 4 nitrogen and oxygen atoms in total. The van der Waals surface area contributed by atoms with E-state index in [1.165, 1.54) is 0 Å². The molecular formula is C11H19N3O. The van der Waals surface area contributed by atoms with E-state index in [9.17, 15) is 5.26 Å². The third kappa shape index (κ3) is 1.87. The number of ether oxygens (including phenoxy) is 1.